The Labute approximate surface area is 328 Å². The average molecular weight is 934 g/mol. The van der Waals surface area contributed by atoms with E-state index in [0.29, 0.717) is 0 Å². The molecule has 4 nitrogen and oxygen atoms in total. The number of carbonyl (C=O) groups is 2. The molecule has 6 rings (SSSR count). The van der Waals surface area contributed by atoms with E-state index >= 15 is 0 Å². The van der Waals surface area contributed by atoms with Gasteiger partial charge in [-0.3, -0.25) is 9.97 Å². The van der Waals surface area contributed by atoms with Crippen molar-refractivity contribution in [3.8, 4) is 0 Å². The van der Waals surface area contributed by atoms with Crippen molar-refractivity contribution in [1.82, 2.24) is 9.97 Å². The van der Waals surface area contributed by atoms with E-state index in [1.54, 1.807) is 0 Å². The van der Waals surface area contributed by atoms with Crippen LogP contribution < -0.4 is 56.9 Å². The van der Waals surface area contributed by atoms with Gasteiger partial charge in [-0.05, 0) is 45.5 Å². The van der Waals surface area contributed by atoms with Crippen LogP contribution in [0.25, 0.3) is 0 Å². The number of carbonyl (C=O) groups excluding carboxylic acids is 2. The van der Waals surface area contributed by atoms with Gasteiger partial charge < -0.3 is 24.8 Å². The number of hydrogen-bond donors (Lipinski definition) is 0. The summed E-state index contributed by atoms with van der Waals surface area (Å²) >= 11 is 8.59. The first-order chi connectivity index (χ1) is 22.0. The summed E-state index contributed by atoms with van der Waals surface area (Å²) in [5.74, 6) is 0. The zero-order valence-corrected chi connectivity index (χ0v) is 32.9. The van der Waals surface area contributed by atoms with Gasteiger partial charge in [0.15, 0.2) is 0 Å². The minimum absolute atomic E-state index is 0. The summed E-state index contributed by atoms with van der Waals surface area (Å²) in [7, 11) is -1.11. The van der Waals surface area contributed by atoms with Gasteiger partial charge in [0.25, 0.3) is 0 Å². The van der Waals surface area contributed by atoms with Crippen LogP contribution in [0.3, 0.4) is 0 Å². The number of aromatic nitrogens is 2. The van der Waals surface area contributed by atoms with Gasteiger partial charge in [-0.1, -0.05) is 133 Å². The zero-order chi connectivity index (χ0) is 31.7. The molecule has 0 fully saturated rings. The van der Waals surface area contributed by atoms with Crippen LogP contribution in [0.4, 0.5) is 9.59 Å². The Kier molecular flexibility index (Phi) is 22.7. The Bertz CT molecular complexity index is 1420. The van der Waals surface area contributed by atoms with Crippen molar-refractivity contribution in [2.45, 2.75) is 0 Å². The number of pyridine rings is 2. The van der Waals surface area contributed by atoms with Gasteiger partial charge in [0.1, 0.15) is 0 Å². The van der Waals surface area contributed by atoms with Gasteiger partial charge in [-0.15, -0.1) is 0 Å². The number of benzene rings is 4. The van der Waals surface area contributed by atoms with Crippen LogP contribution in [0.2, 0.25) is 0 Å². The maximum atomic E-state index is 9.75. The maximum absolute atomic E-state index is 9.75. The summed E-state index contributed by atoms with van der Waals surface area (Å²) in [6, 6.07) is 54.8. The van der Waals surface area contributed by atoms with E-state index in [0.717, 1.165) is 10.9 Å². The van der Waals surface area contributed by atoms with Crippen molar-refractivity contribution in [1.29, 1.82) is 0 Å². The smallest absolute Gasteiger partial charge is 1.00 e. The van der Waals surface area contributed by atoms with Crippen LogP contribution in [-0.2, 0) is 37.5 Å². The number of nitrogens with zero attached hydrogens (tertiary/aromatic N) is 2. The number of rotatable bonds is 8. The topological polar surface area (TPSA) is 59.9 Å². The molecule has 0 amide bonds. The second kappa shape index (κ2) is 24.9. The van der Waals surface area contributed by atoms with Gasteiger partial charge in [0.2, 0.25) is 0 Å². The summed E-state index contributed by atoms with van der Waals surface area (Å²) in [5.41, 5.74) is 2.30. The van der Waals surface area contributed by atoms with Crippen molar-refractivity contribution < 1.29 is 72.0 Å². The molecular weight excluding hydrogens is 905 g/mol. The van der Waals surface area contributed by atoms with Gasteiger partial charge in [-0.25, -0.2) is 0 Å². The second-order valence-corrected chi connectivity index (χ2v) is 16.7. The largest absolute Gasteiger partial charge is 2.00 e. The summed E-state index contributed by atoms with van der Waals surface area (Å²) in [6.45, 7) is 0. The molecule has 0 N–H and O–H groups in total. The van der Waals surface area contributed by atoms with Crippen LogP contribution in [0.1, 0.15) is 0 Å². The molecule has 0 radical (unpaired) electrons. The third kappa shape index (κ3) is 14.7. The summed E-state index contributed by atoms with van der Waals surface area (Å²) in [4.78, 5) is 28.6. The Balaban J connectivity index is 0.000000383. The van der Waals surface area contributed by atoms with Crippen molar-refractivity contribution in [2.24, 2.45) is 0 Å². The standard InChI is InChI=1S/2C17H14NP.2CClO.2ClH.Pd.Rh/c2*1-3-9-15(10-4-1)19(16-11-5-2-6-12-16)17-13-7-8-14-18-17;2*2-1-3;;;;/h2*1-14H;;;2*1H;;/q;;;;;;+2;/p-2. The molecule has 4 aromatic carbocycles. The molecule has 0 aliphatic rings. The third-order valence-electron chi connectivity index (χ3n) is 5.95. The van der Waals surface area contributed by atoms with Crippen LogP contribution in [0.5, 0.6) is 0 Å². The maximum Gasteiger partial charge on any atom is 2.00 e. The third-order valence-corrected chi connectivity index (χ3v) is 12.0. The van der Waals surface area contributed by atoms with Crippen LogP contribution in [0, 0.1) is 0 Å². The Morgan fingerprint density at radius 2 is 0.688 bits per heavy atom. The van der Waals surface area contributed by atoms with Gasteiger partial charge in [-0.2, -0.15) is 0 Å². The molecule has 0 saturated carbocycles. The minimum atomic E-state index is -0.930. The average Bonchev–Trinajstić information content (AvgIpc) is 3.08. The molecular formula is C36H28Cl4N2O2P2PdRh. The number of halogens is 4. The van der Waals surface area contributed by atoms with Gasteiger partial charge in [0, 0.05) is 28.2 Å². The summed E-state index contributed by atoms with van der Waals surface area (Å²) in [5, 5.41) is 5.34. The molecule has 48 heavy (non-hydrogen) atoms. The van der Waals surface area contributed by atoms with E-state index in [1.807, 2.05) is 24.5 Å². The molecule has 0 bridgehead atoms. The molecule has 2 heterocycles. The van der Waals surface area contributed by atoms with Crippen molar-refractivity contribution >= 4 is 78.8 Å². The minimum Gasteiger partial charge on any atom is -1.00 e. The fourth-order valence-corrected chi connectivity index (χ4v) is 9.65. The summed E-state index contributed by atoms with van der Waals surface area (Å²) in [6.07, 6.45) is 3.74. The van der Waals surface area contributed by atoms with Crippen molar-refractivity contribution in [3.63, 3.8) is 0 Å². The summed E-state index contributed by atoms with van der Waals surface area (Å²) < 4.78 is -1.30. The van der Waals surface area contributed by atoms with Crippen LogP contribution >= 0.6 is 39.0 Å². The molecule has 0 atom stereocenters. The quantitative estimate of drug-likeness (QED) is 0.132. The van der Waals surface area contributed by atoms with E-state index in [4.69, 9.17) is 23.2 Å². The molecule has 0 spiro atoms. The SMILES string of the molecule is O=[C](Cl)[Rh][C](=O)Cl.[Cl-].[Cl-].[Pd+2].c1ccc(P(c2ccccc2)c2ccccn2)cc1.c1ccc(P(c2ccccc2)c2ccccn2)cc1. The first kappa shape index (κ1) is 43.8. The van der Waals surface area contributed by atoms with Gasteiger partial charge in [0.05, 0.1) is 10.9 Å². The van der Waals surface area contributed by atoms with Crippen molar-refractivity contribution in [3.05, 3.63) is 170 Å². The molecule has 0 aliphatic heterocycles. The monoisotopic (exact) mass is 931 g/mol. The molecule has 0 saturated heterocycles. The molecule has 2 aromatic heterocycles. The Hall–Kier alpha value is -2.17. The molecule has 12 heteroatoms. The first-order valence-corrected chi connectivity index (χ1v) is 18.7. The predicted octanol–water partition coefficient (Wildman–Crippen LogP) is 1.47. The molecule has 6 aromatic rings. The Morgan fingerprint density at radius 1 is 0.438 bits per heavy atom. The van der Waals surface area contributed by atoms with E-state index in [2.05, 4.69) is 156 Å². The number of hydrogen-bond acceptors (Lipinski definition) is 4. The first-order valence-electron chi connectivity index (χ1n) is 13.6. The van der Waals surface area contributed by atoms with Gasteiger partial charge >= 0.3 is 78.0 Å². The Morgan fingerprint density at radius 3 is 0.875 bits per heavy atom. The van der Waals surface area contributed by atoms with E-state index in [1.165, 1.54) is 21.2 Å². The van der Waals surface area contributed by atoms with E-state index in [-0.39, 0.29) is 45.2 Å². The molecule has 251 valence electrons. The van der Waals surface area contributed by atoms with E-state index in [9.17, 15) is 9.59 Å². The second-order valence-electron chi connectivity index (χ2n) is 8.89. The van der Waals surface area contributed by atoms with Crippen LogP contribution in [0.15, 0.2) is 170 Å². The van der Waals surface area contributed by atoms with Crippen LogP contribution in [-0.4, -0.2) is 17.6 Å². The normalized spacial score (nSPS) is 9.67. The van der Waals surface area contributed by atoms with Crippen molar-refractivity contribution in [2.75, 3.05) is 0 Å². The predicted molar refractivity (Wildman–Crippen MR) is 188 cm³/mol. The molecule has 0 unspecified atom stereocenters. The fourth-order valence-electron chi connectivity index (χ4n) is 4.16. The molecule has 0 aliphatic carbocycles. The fraction of sp³-hybridized carbons (Fsp3) is 0. The zero-order valence-electron chi connectivity index (χ0n) is 24.9. The van der Waals surface area contributed by atoms with E-state index < -0.39 is 40.6 Å².